The second-order valence-corrected chi connectivity index (χ2v) is 6.40. The monoisotopic (exact) mass is 361 g/mol. The van der Waals surface area contributed by atoms with Gasteiger partial charge < -0.3 is 10.2 Å². The average molecular weight is 361 g/mol. The van der Waals surface area contributed by atoms with Crippen LogP contribution in [0.15, 0.2) is 61.2 Å². The lowest BCUT2D eigenvalue weighted by molar-refractivity contribution is 0.0945. The van der Waals surface area contributed by atoms with Gasteiger partial charge in [-0.05, 0) is 42.2 Å². The summed E-state index contributed by atoms with van der Waals surface area (Å²) in [4.78, 5) is 27.0. The van der Waals surface area contributed by atoms with E-state index in [0.29, 0.717) is 12.2 Å². The zero-order chi connectivity index (χ0) is 19.1. The molecule has 0 atom stereocenters. The van der Waals surface area contributed by atoms with Crippen LogP contribution in [0, 0.1) is 6.92 Å². The van der Waals surface area contributed by atoms with Gasteiger partial charge in [-0.1, -0.05) is 24.3 Å². The van der Waals surface area contributed by atoms with E-state index in [4.69, 9.17) is 0 Å². The number of aromatic nitrogens is 3. The minimum atomic E-state index is -0.225. The molecule has 1 aromatic carbocycles. The largest absolute Gasteiger partial charge is 0.358 e. The van der Waals surface area contributed by atoms with Crippen LogP contribution in [0.4, 0.5) is 5.82 Å². The van der Waals surface area contributed by atoms with Gasteiger partial charge in [0.05, 0.1) is 12.4 Å². The van der Waals surface area contributed by atoms with Gasteiger partial charge in [0.25, 0.3) is 5.91 Å². The molecule has 0 saturated carbocycles. The summed E-state index contributed by atoms with van der Waals surface area (Å²) in [6.07, 6.45) is 7.62. The first-order valence-electron chi connectivity index (χ1n) is 8.88. The Balaban J connectivity index is 1.54. The number of hydrogen-bond acceptors (Lipinski definition) is 5. The smallest absolute Gasteiger partial charge is 0.271 e. The summed E-state index contributed by atoms with van der Waals surface area (Å²) in [6, 6.07) is 12.0. The maximum Gasteiger partial charge on any atom is 0.271 e. The van der Waals surface area contributed by atoms with Crippen molar-refractivity contribution in [2.75, 3.05) is 18.5 Å². The third-order valence-corrected chi connectivity index (χ3v) is 4.45. The molecule has 2 heterocycles. The third-order valence-electron chi connectivity index (χ3n) is 4.45. The first-order valence-corrected chi connectivity index (χ1v) is 8.88. The molecule has 6 nitrogen and oxygen atoms in total. The summed E-state index contributed by atoms with van der Waals surface area (Å²) in [5.74, 6) is 0.510. The second kappa shape index (κ2) is 8.89. The minimum absolute atomic E-state index is 0.225. The van der Waals surface area contributed by atoms with Crippen LogP contribution in [0.3, 0.4) is 0 Å². The number of pyridine rings is 1. The van der Waals surface area contributed by atoms with Gasteiger partial charge in [0.15, 0.2) is 0 Å². The van der Waals surface area contributed by atoms with Crippen LogP contribution in [-0.4, -0.2) is 34.5 Å². The van der Waals surface area contributed by atoms with Crippen molar-refractivity contribution in [3.8, 4) is 0 Å². The molecule has 27 heavy (non-hydrogen) atoms. The van der Waals surface area contributed by atoms with Crippen LogP contribution in [-0.2, 0) is 13.0 Å². The third kappa shape index (κ3) is 5.10. The lowest BCUT2D eigenvalue weighted by Gasteiger charge is -2.17. The van der Waals surface area contributed by atoms with Gasteiger partial charge >= 0.3 is 0 Å². The van der Waals surface area contributed by atoms with Crippen molar-refractivity contribution in [1.29, 1.82) is 0 Å². The SMILES string of the molecule is Cc1ccccc1CNC(=O)c1cnc(N(C)CCc2ccncc2)cn1. The summed E-state index contributed by atoms with van der Waals surface area (Å²) in [5, 5.41) is 2.89. The fraction of sp³-hybridized carbons (Fsp3) is 0.238. The van der Waals surface area contributed by atoms with Gasteiger partial charge in [0.1, 0.15) is 11.5 Å². The predicted octanol–water partition coefficient (Wildman–Crippen LogP) is 2.79. The van der Waals surface area contributed by atoms with E-state index >= 15 is 0 Å². The van der Waals surface area contributed by atoms with E-state index in [-0.39, 0.29) is 5.91 Å². The van der Waals surface area contributed by atoms with Crippen molar-refractivity contribution in [1.82, 2.24) is 20.3 Å². The van der Waals surface area contributed by atoms with Crippen LogP contribution in [0.1, 0.15) is 27.2 Å². The summed E-state index contributed by atoms with van der Waals surface area (Å²) in [5.41, 5.74) is 3.77. The van der Waals surface area contributed by atoms with Crippen LogP contribution in [0.2, 0.25) is 0 Å². The minimum Gasteiger partial charge on any atom is -0.358 e. The van der Waals surface area contributed by atoms with E-state index in [1.165, 1.54) is 11.8 Å². The Morgan fingerprint density at radius 2 is 1.85 bits per heavy atom. The molecule has 3 aromatic rings. The fourth-order valence-electron chi connectivity index (χ4n) is 2.67. The molecule has 3 rings (SSSR count). The van der Waals surface area contributed by atoms with E-state index in [0.717, 1.165) is 29.9 Å². The van der Waals surface area contributed by atoms with Crippen molar-refractivity contribution in [3.63, 3.8) is 0 Å². The van der Waals surface area contributed by atoms with Crippen molar-refractivity contribution < 1.29 is 4.79 Å². The van der Waals surface area contributed by atoms with Gasteiger partial charge in [-0.2, -0.15) is 0 Å². The predicted molar refractivity (Wildman–Crippen MR) is 106 cm³/mol. The lowest BCUT2D eigenvalue weighted by atomic mass is 10.1. The number of amides is 1. The van der Waals surface area contributed by atoms with E-state index in [9.17, 15) is 4.79 Å². The van der Waals surface area contributed by atoms with E-state index in [1.807, 2.05) is 55.3 Å². The van der Waals surface area contributed by atoms with Crippen LogP contribution < -0.4 is 10.2 Å². The first kappa shape index (κ1) is 18.5. The summed E-state index contributed by atoms with van der Waals surface area (Å²) < 4.78 is 0. The quantitative estimate of drug-likeness (QED) is 0.701. The van der Waals surface area contributed by atoms with Gasteiger partial charge in [-0.15, -0.1) is 0 Å². The molecule has 6 heteroatoms. The molecule has 0 radical (unpaired) electrons. The molecule has 0 fully saturated rings. The highest BCUT2D eigenvalue weighted by Gasteiger charge is 2.10. The number of hydrogen-bond donors (Lipinski definition) is 1. The molecule has 1 amide bonds. The number of likely N-dealkylation sites (N-methyl/N-ethyl adjacent to an activating group) is 1. The van der Waals surface area contributed by atoms with E-state index in [1.54, 1.807) is 18.6 Å². The average Bonchev–Trinajstić information content (AvgIpc) is 2.72. The van der Waals surface area contributed by atoms with Crippen LogP contribution in [0.5, 0.6) is 0 Å². The number of nitrogens with zero attached hydrogens (tertiary/aromatic N) is 4. The highest BCUT2D eigenvalue weighted by molar-refractivity contribution is 5.92. The van der Waals surface area contributed by atoms with Crippen molar-refractivity contribution in [2.45, 2.75) is 19.9 Å². The molecule has 0 aliphatic rings. The maximum absolute atomic E-state index is 12.3. The second-order valence-electron chi connectivity index (χ2n) is 6.40. The number of nitrogens with one attached hydrogen (secondary N) is 1. The van der Waals surface area contributed by atoms with Gasteiger partial charge in [0.2, 0.25) is 0 Å². The van der Waals surface area contributed by atoms with E-state index in [2.05, 4.69) is 20.3 Å². The fourth-order valence-corrected chi connectivity index (χ4v) is 2.67. The van der Waals surface area contributed by atoms with Gasteiger partial charge in [-0.25, -0.2) is 9.97 Å². The zero-order valence-corrected chi connectivity index (χ0v) is 15.6. The molecular formula is C21H23N5O. The Morgan fingerprint density at radius 1 is 1.07 bits per heavy atom. The number of carbonyl (C=O) groups is 1. The number of aryl methyl sites for hydroxylation is 1. The summed E-state index contributed by atoms with van der Waals surface area (Å²) in [7, 11) is 1.96. The standard InChI is InChI=1S/C21H23N5O/c1-16-5-3-4-6-18(16)13-25-21(27)19-14-24-20(15-23-19)26(2)12-9-17-7-10-22-11-8-17/h3-8,10-11,14-15H,9,12-13H2,1-2H3,(H,25,27). The van der Waals surface area contributed by atoms with Gasteiger partial charge in [0, 0.05) is 32.5 Å². The molecule has 1 N–H and O–H groups in total. The summed E-state index contributed by atoms with van der Waals surface area (Å²) in [6.45, 7) is 3.30. The van der Waals surface area contributed by atoms with Crippen LogP contribution in [0.25, 0.3) is 0 Å². The molecule has 0 bridgehead atoms. The molecule has 0 spiro atoms. The van der Waals surface area contributed by atoms with Crippen molar-refractivity contribution in [2.24, 2.45) is 0 Å². The molecule has 138 valence electrons. The number of benzene rings is 1. The molecule has 0 aliphatic carbocycles. The summed E-state index contributed by atoms with van der Waals surface area (Å²) >= 11 is 0. The Kier molecular flexibility index (Phi) is 6.10. The number of carbonyl (C=O) groups excluding carboxylic acids is 1. The van der Waals surface area contributed by atoms with Crippen LogP contribution >= 0.6 is 0 Å². The Bertz CT molecular complexity index is 881. The molecular weight excluding hydrogens is 338 g/mol. The maximum atomic E-state index is 12.3. The Morgan fingerprint density at radius 3 is 2.56 bits per heavy atom. The topological polar surface area (TPSA) is 71.0 Å². The number of anilines is 1. The van der Waals surface area contributed by atoms with Crippen molar-refractivity contribution in [3.05, 3.63) is 83.6 Å². The van der Waals surface area contributed by atoms with E-state index < -0.39 is 0 Å². The Labute approximate surface area is 159 Å². The lowest BCUT2D eigenvalue weighted by Crippen LogP contribution is -2.25. The normalized spacial score (nSPS) is 10.4. The zero-order valence-electron chi connectivity index (χ0n) is 15.6. The van der Waals surface area contributed by atoms with Crippen molar-refractivity contribution >= 4 is 11.7 Å². The highest BCUT2D eigenvalue weighted by Crippen LogP contribution is 2.10. The molecule has 2 aromatic heterocycles. The molecule has 0 unspecified atom stereocenters. The highest BCUT2D eigenvalue weighted by atomic mass is 16.1. The Hall–Kier alpha value is -3.28. The number of rotatable bonds is 7. The van der Waals surface area contributed by atoms with Gasteiger partial charge in [-0.3, -0.25) is 9.78 Å². The molecule has 0 saturated heterocycles. The first-order chi connectivity index (χ1) is 13.1. The molecule has 0 aliphatic heterocycles.